The fraction of sp³-hybridized carbons (Fsp3) is 0.360. The summed E-state index contributed by atoms with van der Waals surface area (Å²) < 4.78 is 11.8. The lowest BCUT2D eigenvalue weighted by Crippen LogP contribution is -2.17. The topological polar surface area (TPSA) is 52.6 Å². The van der Waals surface area contributed by atoms with Gasteiger partial charge < -0.3 is 9.47 Å². The smallest absolute Gasteiger partial charge is 0.338 e. The molecular formula is C25H26O4. The monoisotopic (exact) mass is 390 g/mol. The van der Waals surface area contributed by atoms with E-state index in [2.05, 4.69) is 20.1 Å². The lowest BCUT2D eigenvalue weighted by atomic mass is 9.81. The van der Waals surface area contributed by atoms with E-state index in [0.29, 0.717) is 34.5 Å². The zero-order valence-electron chi connectivity index (χ0n) is 17.4. The highest BCUT2D eigenvalue weighted by atomic mass is 16.5. The Morgan fingerprint density at radius 1 is 0.966 bits per heavy atom. The van der Waals surface area contributed by atoms with Crippen LogP contribution in [0.15, 0.2) is 42.5 Å². The highest BCUT2D eigenvalue weighted by Crippen LogP contribution is 2.63. The van der Waals surface area contributed by atoms with E-state index in [4.69, 9.17) is 9.47 Å². The first-order valence-electron chi connectivity index (χ1n) is 10.0. The molecule has 0 saturated heterocycles. The van der Waals surface area contributed by atoms with Crippen molar-refractivity contribution in [1.82, 2.24) is 0 Å². The summed E-state index contributed by atoms with van der Waals surface area (Å²) in [5.74, 6) is 1.41. The molecule has 4 nitrogen and oxygen atoms in total. The number of hydrogen-bond donors (Lipinski definition) is 0. The van der Waals surface area contributed by atoms with Crippen molar-refractivity contribution in [2.45, 2.75) is 52.4 Å². The second-order valence-electron chi connectivity index (χ2n) is 8.57. The molecule has 2 aromatic rings. The Balaban J connectivity index is 2.05. The summed E-state index contributed by atoms with van der Waals surface area (Å²) in [6.07, 6.45) is 2.03. The van der Waals surface area contributed by atoms with E-state index in [-0.39, 0.29) is 5.92 Å². The lowest BCUT2D eigenvalue weighted by Gasteiger charge is -2.27. The predicted molar refractivity (Wildman–Crippen MR) is 113 cm³/mol. The second kappa shape index (κ2) is 6.87. The van der Waals surface area contributed by atoms with E-state index in [9.17, 15) is 9.59 Å². The number of benzene rings is 2. The second-order valence-corrected chi connectivity index (χ2v) is 8.57. The first-order valence-corrected chi connectivity index (χ1v) is 10.0. The van der Waals surface area contributed by atoms with Gasteiger partial charge in [0.2, 0.25) is 0 Å². The molecule has 2 aliphatic carbocycles. The average molecular weight is 390 g/mol. The Morgan fingerprint density at radius 3 is 2.21 bits per heavy atom. The van der Waals surface area contributed by atoms with Crippen molar-refractivity contribution in [2.24, 2.45) is 5.92 Å². The van der Waals surface area contributed by atoms with Gasteiger partial charge in [0.25, 0.3) is 0 Å². The molecule has 2 aliphatic rings. The van der Waals surface area contributed by atoms with Crippen LogP contribution in [0.3, 0.4) is 0 Å². The third kappa shape index (κ3) is 2.98. The summed E-state index contributed by atoms with van der Waals surface area (Å²) in [7, 11) is 0. The van der Waals surface area contributed by atoms with Gasteiger partial charge in [0.15, 0.2) is 0 Å². The maximum Gasteiger partial charge on any atom is 0.338 e. The Morgan fingerprint density at radius 2 is 1.59 bits per heavy atom. The third-order valence-corrected chi connectivity index (χ3v) is 6.27. The number of ether oxygens (including phenoxy) is 2. The van der Waals surface area contributed by atoms with Gasteiger partial charge in [0.1, 0.15) is 11.5 Å². The number of carbonyl (C=O) groups is 2. The molecule has 3 atom stereocenters. The maximum atomic E-state index is 12.5. The molecule has 4 heteroatoms. The SMILES string of the molecule is C=C(C)C(=O)Oc1c2c(c(OC(=O)C(=C)C)c3c(C)cccc13)C1CC(C)C2C1. The molecule has 0 aromatic heterocycles. The van der Waals surface area contributed by atoms with Crippen LogP contribution < -0.4 is 9.47 Å². The number of aryl methyl sites for hydroxylation is 1. The number of hydrogen-bond acceptors (Lipinski definition) is 4. The van der Waals surface area contributed by atoms with Crippen LogP contribution in [0.5, 0.6) is 11.5 Å². The van der Waals surface area contributed by atoms with Crippen LogP contribution in [-0.2, 0) is 9.59 Å². The van der Waals surface area contributed by atoms with E-state index in [1.165, 1.54) is 0 Å². The van der Waals surface area contributed by atoms with Gasteiger partial charge in [-0.15, -0.1) is 0 Å². The van der Waals surface area contributed by atoms with Gasteiger partial charge >= 0.3 is 11.9 Å². The van der Waals surface area contributed by atoms with E-state index in [1.807, 2.05) is 25.1 Å². The lowest BCUT2D eigenvalue weighted by molar-refractivity contribution is -0.131. The number of esters is 2. The standard InChI is InChI=1S/C25H26O4/c1-12(2)24(26)28-22-17-9-7-8-14(5)19(17)23(29-25(27)13(3)4)20-16-10-15(6)18(11-16)21(20)22/h7-9,15-16,18H,1,3,10-11H2,2,4-6H3. The highest BCUT2D eigenvalue weighted by Gasteiger charge is 2.47. The van der Waals surface area contributed by atoms with E-state index in [1.54, 1.807) is 13.8 Å². The van der Waals surface area contributed by atoms with Gasteiger partial charge in [-0.25, -0.2) is 9.59 Å². The van der Waals surface area contributed by atoms with Gasteiger partial charge in [-0.2, -0.15) is 0 Å². The Bertz CT molecular complexity index is 1090. The number of carbonyl (C=O) groups excluding carboxylic acids is 2. The quantitative estimate of drug-likeness (QED) is 0.380. The average Bonchev–Trinajstić information content (AvgIpc) is 3.21. The van der Waals surface area contributed by atoms with Crippen molar-refractivity contribution in [1.29, 1.82) is 0 Å². The van der Waals surface area contributed by atoms with Crippen LogP contribution in [-0.4, -0.2) is 11.9 Å². The molecule has 150 valence electrons. The molecule has 4 rings (SSSR count). The molecule has 1 saturated carbocycles. The normalized spacial score (nSPS) is 21.7. The molecule has 1 fully saturated rings. The molecule has 29 heavy (non-hydrogen) atoms. The Kier molecular flexibility index (Phi) is 4.60. The van der Waals surface area contributed by atoms with E-state index >= 15 is 0 Å². The van der Waals surface area contributed by atoms with Gasteiger partial charge in [0, 0.05) is 33.0 Å². The van der Waals surface area contributed by atoms with Crippen molar-refractivity contribution < 1.29 is 19.1 Å². The summed E-state index contributed by atoms with van der Waals surface area (Å²) in [4.78, 5) is 24.9. The molecule has 3 unspecified atom stereocenters. The largest absolute Gasteiger partial charge is 0.422 e. The fourth-order valence-electron chi connectivity index (χ4n) is 4.92. The zero-order valence-corrected chi connectivity index (χ0v) is 17.4. The highest BCUT2D eigenvalue weighted by molar-refractivity contribution is 6.03. The third-order valence-electron chi connectivity index (χ3n) is 6.27. The van der Waals surface area contributed by atoms with Gasteiger partial charge in [-0.3, -0.25) is 0 Å². The summed E-state index contributed by atoms with van der Waals surface area (Å²) in [6.45, 7) is 15.0. The van der Waals surface area contributed by atoms with Crippen LogP contribution in [0.4, 0.5) is 0 Å². The molecule has 2 aromatic carbocycles. The molecule has 0 spiro atoms. The molecule has 0 radical (unpaired) electrons. The van der Waals surface area contributed by atoms with Crippen LogP contribution >= 0.6 is 0 Å². The molecule has 0 N–H and O–H groups in total. The van der Waals surface area contributed by atoms with Gasteiger partial charge in [0.05, 0.1) is 0 Å². The summed E-state index contributed by atoms with van der Waals surface area (Å²) in [6, 6.07) is 5.84. The number of rotatable bonds is 4. The van der Waals surface area contributed by atoms with Crippen molar-refractivity contribution in [2.75, 3.05) is 0 Å². The molecule has 0 heterocycles. The molecular weight excluding hydrogens is 364 g/mol. The Labute approximate surface area is 171 Å². The van der Waals surface area contributed by atoms with Gasteiger partial charge in [-0.1, -0.05) is 38.3 Å². The fourth-order valence-corrected chi connectivity index (χ4v) is 4.92. The van der Waals surface area contributed by atoms with Crippen LogP contribution in [0, 0.1) is 12.8 Å². The number of fused-ring (bicyclic) bond motifs is 6. The first kappa shape index (κ1) is 19.4. The molecule has 0 amide bonds. The van der Waals surface area contributed by atoms with Crippen molar-refractivity contribution in [3.63, 3.8) is 0 Å². The van der Waals surface area contributed by atoms with E-state index in [0.717, 1.165) is 40.3 Å². The van der Waals surface area contributed by atoms with Crippen LogP contribution in [0.25, 0.3) is 10.8 Å². The predicted octanol–water partition coefficient (Wildman–Crippen LogP) is 5.72. The van der Waals surface area contributed by atoms with Crippen LogP contribution in [0.2, 0.25) is 0 Å². The molecule has 0 aliphatic heterocycles. The minimum absolute atomic E-state index is 0.287. The summed E-state index contributed by atoms with van der Waals surface area (Å²) in [5.41, 5.74) is 3.72. The van der Waals surface area contributed by atoms with Crippen LogP contribution in [0.1, 0.15) is 62.1 Å². The van der Waals surface area contributed by atoms with Crippen molar-refractivity contribution in [3.05, 3.63) is 59.2 Å². The van der Waals surface area contributed by atoms with Crippen molar-refractivity contribution in [3.8, 4) is 11.5 Å². The zero-order chi connectivity index (χ0) is 21.0. The summed E-state index contributed by atoms with van der Waals surface area (Å²) >= 11 is 0. The minimum Gasteiger partial charge on any atom is -0.422 e. The van der Waals surface area contributed by atoms with Gasteiger partial charge in [-0.05, 0) is 56.9 Å². The minimum atomic E-state index is -0.433. The first-order chi connectivity index (χ1) is 13.7. The Hall–Kier alpha value is -2.88. The maximum absolute atomic E-state index is 12.5. The van der Waals surface area contributed by atoms with E-state index < -0.39 is 11.9 Å². The summed E-state index contributed by atoms with van der Waals surface area (Å²) in [5, 5.41) is 1.62. The van der Waals surface area contributed by atoms with Crippen molar-refractivity contribution >= 4 is 22.7 Å². The molecule has 2 bridgehead atoms.